The number of ether oxygens (including phenoxy) is 3. The number of carbonyl (C=O) groups excluding carboxylic acids is 1. The summed E-state index contributed by atoms with van der Waals surface area (Å²) in [5.41, 5.74) is 0.354. The van der Waals surface area contributed by atoms with E-state index in [0.29, 0.717) is 5.56 Å². The predicted molar refractivity (Wildman–Crippen MR) is 103 cm³/mol. The molecule has 31 heavy (non-hydrogen) atoms. The molecule has 6 N–H and O–H groups in total. The fraction of sp³-hybridized carbons (Fsp3) is 0.381. The van der Waals surface area contributed by atoms with Gasteiger partial charge in [0.05, 0.1) is 12.5 Å². The Labute approximate surface area is 176 Å². The zero-order valence-electron chi connectivity index (χ0n) is 16.4. The number of benzene rings is 2. The summed E-state index contributed by atoms with van der Waals surface area (Å²) in [7, 11) is 0. The molecule has 0 amide bonds. The highest BCUT2D eigenvalue weighted by molar-refractivity contribution is 6.03. The van der Waals surface area contributed by atoms with Gasteiger partial charge in [0.15, 0.2) is 17.3 Å². The van der Waals surface area contributed by atoms with Gasteiger partial charge >= 0.3 is 0 Å². The standard InChI is InChI=1S/C21H22O10/c1-8-16(25)18(27)19(28)21(29-8)31-14-7-12(24)15-11(23)6-13(30-20(15)17(14)26)9-2-4-10(22)5-3-9/h2-5,7-8,13,16,18-19,21-22,24-28H,6H2,1H3/t8?,13?,16-,18-,19?,21-/m0/s1. The number of fused-ring (bicyclic) bond motifs is 1. The number of aliphatic hydroxyl groups excluding tert-OH is 3. The lowest BCUT2D eigenvalue weighted by molar-refractivity contribution is -0.268. The third-order valence-electron chi connectivity index (χ3n) is 5.43. The van der Waals surface area contributed by atoms with Crippen molar-refractivity contribution in [2.75, 3.05) is 0 Å². The number of rotatable bonds is 3. The van der Waals surface area contributed by atoms with E-state index < -0.39 is 54.1 Å². The van der Waals surface area contributed by atoms with Crippen molar-refractivity contribution in [2.24, 2.45) is 0 Å². The molecule has 0 bridgehead atoms. The second kappa shape index (κ2) is 7.89. The summed E-state index contributed by atoms with van der Waals surface area (Å²) in [6, 6.07) is 6.97. The maximum Gasteiger partial charge on any atom is 0.229 e. The van der Waals surface area contributed by atoms with Crippen LogP contribution in [0.4, 0.5) is 0 Å². The topological polar surface area (TPSA) is 166 Å². The van der Waals surface area contributed by atoms with Gasteiger partial charge in [0, 0.05) is 6.07 Å². The molecule has 2 aromatic rings. The van der Waals surface area contributed by atoms with Crippen LogP contribution >= 0.6 is 0 Å². The number of aromatic hydroxyl groups is 3. The summed E-state index contributed by atoms with van der Waals surface area (Å²) in [6.07, 6.45) is -7.77. The van der Waals surface area contributed by atoms with Crippen molar-refractivity contribution in [1.29, 1.82) is 0 Å². The molecule has 10 nitrogen and oxygen atoms in total. The van der Waals surface area contributed by atoms with Gasteiger partial charge in [0.2, 0.25) is 12.0 Å². The minimum absolute atomic E-state index is 0.0371. The normalized spacial score (nSPS) is 30.4. The lowest BCUT2D eigenvalue weighted by atomic mass is 9.95. The molecule has 0 aromatic heterocycles. The highest BCUT2D eigenvalue weighted by Crippen LogP contribution is 2.50. The smallest absolute Gasteiger partial charge is 0.229 e. The van der Waals surface area contributed by atoms with E-state index in [1.54, 1.807) is 12.1 Å². The highest BCUT2D eigenvalue weighted by atomic mass is 16.7. The van der Waals surface area contributed by atoms with Gasteiger partial charge in [-0.1, -0.05) is 12.1 Å². The molecule has 3 unspecified atom stereocenters. The molecule has 0 spiro atoms. The SMILES string of the molecule is CC1O[C@@H](Oc2cc(O)c3c(c2O)OC(c2ccc(O)cc2)CC3=O)C(O)[C@@H](O)[C@H]1O. The second-order valence-electron chi connectivity index (χ2n) is 7.57. The monoisotopic (exact) mass is 434 g/mol. The molecule has 1 fully saturated rings. The van der Waals surface area contributed by atoms with Gasteiger partial charge < -0.3 is 44.8 Å². The molecular formula is C21H22O10. The summed E-state index contributed by atoms with van der Waals surface area (Å²) in [5.74, 6) is -2.20. The van der Waals surface area contributed by atoms with Crippen molar-refractivity contribution >= 4 is 5.78 Å². The van der Waals surface area contributed by atoms with E-state index in [4.69, 9.17) is 14.2 Å². The zero-order chi connectivity index (χ0) is 22.4. The highest BCUT2D eigenvalue weighted by Gasteiger charge is 2.44. The number of phenols is 3. The second-order valence-corrected chi connectivity index (χ2v) is 7.57. The first kappa shape index (κ1) is 21.2. The molecule has 2 aromatic carbocycles. The lowest BCUT2D eigenvalue weighted by Crippen LogP contribution is -2.58. The van der Waals surface area contributed by atoms with Crippen molar-refractivity contribution in [2.45, 2.75) is 50.2 Å². The van der Waals surface area contributed by atoms with Crippen LogP contribution in [0.1, 0.15) is 35.4 Å². The molecule has 0 saturated carbocycles. The first-order valence-corrected chi connectivity index (χ1v) is 9.61. The first-order chi connectivity index (χ1) is 14.7. The molecule has 10 heteroatoms. The van der Waals surface area contributed by atoms with E-state index in [1.165, 1.54) is 19.1 Å². The third kappa shape index (κ3) is 3.74. The quantitative estimate of drug-likeness (QED) is 0.379. The molecule has 166 valence electrons. The molecule has 0 aliphatic carbocycles. The minimum Gasteiger partial charge on any atom is -0.508 e. The van der Waals surface area contributed by atoms with Crippen molar-refractivity contribution in [3.63, 3.8) is 0 Å². The number of ketones is 1. The van der Waals surface area contributed by atoms with E-state index in [-0.39, 0.29) is 29.2 Å². The molecule has 2 heterocycles. The van der Waals surface area contributed by atoms with Crippen LogP contribution < -0.4 is 9.47 Å². The molecule has 4 rings (SSSR count). The van der Waals surface area contributed by atoms with E-state index in [2.05, 4.69) is 0 Å². The largest absolute Gasteiger partial charge is 0.508 e. The minimum atomic E-state index is -1.64. The lowest BCUT2D eigenvalue weighted by Gasteiger charge is -2.39. The Balaban J connectivity index is 1.66. The van der Waals surface area contributed by atoms with Gasteiger partial charge in [-0.25, -0.2) is 0 Å². The van der Waals surface area contributed by atoms with Gasteiger partial charge in [-0.2, -0.15) is 0 Å². The summed E-state index contributed by atoms with van der Waals surface area (Å²) in [5, 5.41) is 60.3. The van der Waals surface area contributed by atoms with Crippen LogP contribution in [0.2, 0.25) is 0 Å². The molecule has 1 saturated heterocycles. The van der Waals surface area contributed by atoms with Crippen molar-refractivity contribution in [3.05, 3.63) is 41.5 Å². The number of hydrogen-bond donors (Lipinski definition) is 6. The Morgan fingerprint density at radius 2 is 1.68 bits per heavy atom. The van der Waals surface area contributed by atoms with Gasteiger partial charge in [0.1, 0.15) is 41.5 Å². The van der Waals surface area contributed by atoms with Crippen LogP contribution in [0.25, 0.3) is 0 Å². The van der Waals surface area contributed by atoms with Crippen molar-refractivity contribution in [1.82, 2.24) is 0 Å². The Bertz CT molecular complexity index is 989. The van der Waals surface area contributed by atoms with Crippen LogP contribution in [-0.4, -0.2) is 67.1 Å². The fourth-order valence-corrected chi connectivity index (χ4v) is 3.65. The molecule has 6 atom stereocenters. The van der Waals surface area contributed by atoms with Gasteiger partial charge in [0.25, 0.3) is 0 Å². The molecule has 0 radical (unpaired) electrons. The number of aliphatic hydroxyl groups is 3. The van der Waals surface area contributed by atoms with Crippen LogP contribution in [0.15, 0.2) is 30.3 Å². The Morgan fingerprint density at radius 3 is 2.35 bits per heavy atom. The van der Waals surface area contributed by atoms with Crippen LogP contribution in [0.3, 0.4) is 0 Å². The predicted octanol–water partition coefficient (Wildman–Crippen LogP) is 0.716. The van der Waals surface area contributed by atoms with E-state index >= 15 is 0 Å². The van der Waals surface area contributed by atoms with Crippen LogP contribution in [0, 0.1) is 0 Å². The summed E-state index contributed by atoms with van der Waals surface area (Å²) < 4.78 is 16.6. The maximum absolute atomic E-state index is 12.6. The van der Waals surface area contributed by atoms with Crippen molar-refractivity contribution in [3.8, 4) is 28.7 Å². The van der Waals surface area contributed by atoms with Crippen LogP contribution in [-0.2, 0) is 4.74 Å². The van der Waals surface area contributed by atoms with Gasteiger partial charge in [-0.05, 0) is 24.6 Å². The summed E-state index contributed by atoms with van der Waals surface area (Å²) >= 11 is 0. The Kier molecular flexibility index (Phi) is 5.40. The first-order valence-electron chi connectivity index (χ1n) is 9.61. The number of carbonyl (C=O) groups is 1. The van der Waals surface area contributed by atoms with E-state index in [0.717, 1.165) is 6.07 Å². The summed E-state index contributed by atoms with van der Waals surface area (Å²) in [4.78, 5) is 12.6. The number of phenolic OH excluding ortho intramolecular Hbond substituents is 3. The van der Waals surface area contributed by atoms with Crippen molar-refractivity contribution < 1.29 is 49.6 Å². The average molecular weight is 434 g/mol. The average Bonchev–Trinajstić information content (AvgIpc) is 2.74. The third-order valence-corrected chi connectivity index (χ3v) is 5.43. The molecule has 2 aliphatic heterocycles. The molecular weight excluding hydrogens is 412 g/mol. The Morgan fingerprint density at radius 1 is 1.00 bits per heavy atom. The summed E-state index contributed by atoms with van der Waals surface area (Å²) in [6.45, 7) is 1.46. The van der Waals surface area contributed by atoms with Crippen LogP contribution in [0.5, 0.6) is 28.7 Å². The fourth-order valence-electron chi connectivity index (χ4n) is 3.65. The number of Topliss-reactive ketones (excluding diaryl/α,β-unsaturated/α-hetero) is 1. The molecule has 2 aliphatic rings. The van der Waals surface area contributed by atoms with Gasteiger partial charge in [-0.3, -0.25) is 4.79 Å². The van der Waals surface area contributed by atoms with E-state index in [9.17, 15) is 35.4 Å². The van der Waals surface area contributed by atoms with Gasteiger partial charge in [-0.15, -0.1) is 0 Å². The zero-order valence-corrected chi connectivity index (χ0v) is 16.4. The maximum atomic E-state index is 12.6. The van der Waals surface area contributed by atoms with E-state index in [1.807, 2.05) is 0 Å². The Hall–Kier alpha value is -3.05. The number of hydrogen-bond acceptors (Lipinski definition) is 10.